The van der Waals surface area contributed by atoms with Crippen LogP contribution in [0.2, 0.25) is 0 Å². The van der Waals surface area contributed by atoms with E-state index in [-0.39, 0.29) is 22.9 Å². The third-order valence-electron chi connectivity index (χ3n) is 4.00. The summed E-state index contributed by atoms with van der Waals surface area (Å²) in [5.41, 5.74) is 1.09. The summed E-state index contributed by atoms with van der Waals surface area (Å²) in [7, 11) is -0.740. The number of sulfonamides is 1. The van der Waals surface area contributed by atoms with E-state index in [2.05, 4.69) is 10.2 Å². The average Bonchev–Trinajstić information content (AvgIpc) is 2.62. The van der Waals surface area contributed by atoms with Crippen molar-refractivity contribution in [1.82, 2.24) is 10.2 Å². The Morgan fingerprint density at radius 3 is 2.11 bits per heavy atom. The van der Waals surface area contributed by atoms with Crippen LogP contribution in [0.3, 0.4) is 0 Å². The molecule has 0 saturated carbocycles. The van der Waals surface area contributed by atoms with Gasteiger partial charge in [0.25, 0.3) is 5.56 Å². The normalized spacial score (nSPS) is 11.1. The molecule has 0 unspecified atom stereocenters. The number of primary sulfonamides is 1. The monoisotopic (exact) mass is 411 g/mol. The van der Waals surface area contributed by atoms with E-state index in [4.69, 9.17) is 14.6 Å². The Labute approximate surface area is 161 Å². The molecule has 1 heterocycles. The number of methoxy groups -OCH3 is 2. The molecule has 2 aromatic carbocycles. The van der Waals surface area contributed by atoms with Crippen molar-refractivity contribution in [3.63, 3.8) is 0 Å². The minimum atomic E-state index is -3.74. The highest BCUT2D eigenvalue weighted by Gasteiger charge is 2.14. The third-order valence-corrected chi connectivity index (χ3v) is 4.92. The number of rotatable bonds is 5. The molecule has 1 aromatic heterocycles. The number of nitrogens with one attached hydrogen (secondary N) is 1. The number of ether oxygens (including phenoxy) is 2. The summed E-state index contributed by atoms with van der Waals surface area (Å²) < 4.78 is 33.2. The first-order valence-electron chi connectivity index (χ1n) is 7.58. The molecule has 0 fully saturated rings. The third kappa shape index (κ3) is 4.21. The number of fused-ring (bicyclic) bond motifs is 1. The molecule has 3 N–H and O–H groups in total. The van der Waals surface area contributed by atoms with Crippen LogP contribution in [-0.4, -0.2) is 32.8 Å². The molecule has 0 aliphatic heterocycles. The lowest BCUT2D eigenvalue weighted by molar-refractivity contribution is 0.356. The molecule has 0 aliphatic rings. The SMILES string of the molecule is COc1cc2c(Cc3ccc(S(N)(=O)=O)cc3)n[nH]c(=O)c2cc1OC.Cl. The van der Waals surface area contributed by atoms with Crippen LogP contribution in [0.5, 0.6) is 11.5 Å². The highest BCUT2D eigenvalue weighted by Crippen LogP contribution is 2.32. The van der Waals surface area contributed by atoms with Crippen molar-refractivity contribution in [1.29, 1.82) is 0 Å². The predicted molar refractivity (Wildman–Crippen MR) is 103 cm³/mol. The molecule has 0 spiro atoms. The first-order chi connectivity index (χ1) is 12.3. The van der Waals surface area contributed by atoms with Crippen molar-refractivity contribution in [2.24, 2.45) is 5.14 Å². The van der Waals surface area contributed by atoms with Gasteiger partial charge in [0.05, 0.1) is 30.2 Å². The largest absolute Gasteiger partial charge is 0.493 e. The van der Waals surface area contributed by atoms with E-state index >= 15 is 0 Å². The topological polar surface area (TPSA) is 124 Å². The zero-order valence-corrected chi connectivity index (χ0v) is 16.2. The second-order valence-corrected chi connectivity index (χ2v) is 7.18. The van der Waals surface area contributed by atoms with Crippen LogP contribution >= 0.6 is 12.4 Å². The van der Waals surface area contributed by atoms with Crippen LogP contribution in [0, 0.1) is 0 Å². The summed E-state index contributed by atoms with van der Waals surface area (Å²) in [4.78, 5) is 12.1. The number of benzene rings is 2. The predicted octanol–water partition coefficient (Wildman–Crippen LogP) is 1.60. The highest BCUT2D eigenvalue weighted by molar-refractivity contribution is 7.89. The Morgan fingerprint density at radius 1 is 1.04 bits per heavy atom. The number of hydrogen-bond donors (Lipinski definition) is 2. The fraction of sp³-hybridized carbons (Fsp3) is 0.176. The molecule has 3 aromatic rings. The van der Waals surface area contributed by atoms with Gasteiger partial charge in [-0.2, -0.15) is 5.10 Å². The number of hydrogen-bond acceptors (Lipinski definition) is 6. The van der Waals surface area contributed by atoms with Crippen molar-refractivity contribution in [3.05, 3.63) is 58.0 Å². The highest BCUT2D eigenvalue weighted by atomic mass is 35.5. The van der Waals surface area contributed by atoms with Gasteiger partial charge in [0.2, 0.25) is 10.0 Å². The second kappa shape index (κ2) is 7.95. The molecule has 0 atom stereocenters. The summed E-state index contributed by atoms with van der Waals surface area (Å²) in [5.74, 6) is 0.929. The first kappa shape index (κ1) is 20.7. The maximum absolute atomic E-state index is 12.1. The van der Waals surface area contributed by atoms with Gasteiger partial charge in [-0.05, 0) is 29.8 Å². The Morgan fingerprint density at radius 2 is 1.59 bits per heavy atom. The van der Waals surface area contributed by atoms with Crippen molar-refractivity contribution in [2.75, 3.05) is 14.2 Å². The number of aromatic amines is 1. The van der Waals surface area contributed by atoms with E-state index in [1.54, 1.807) is 24.3 Å². The zero-order chi connectivity index (χ0) is 18.9. The lowest BCUT2D eigenvalue weighted by Gasteiger charge is -2.11. The van der Waals surface area contributed by atoms with Crippen LogP contribution in [-0.2, 0) is 16.4 Å². The van der Waals surface area contributed by atoms with Gasteiger partial charge in [0.15, 0.2) is 11.5 Å². The lowest BCUT2D eigenvalue weighted by atomic mass is 10.0. The molecular weight excluding hydrogens is 394 g/mol. The quantitative estimate of drug-likeness (QED) is 0.657. The molecule has 0 bridgehead atoms. The van der Waals surface area contributed by atoms with Crippen molar-refractivity contribution in [3.8, 4) is 11.5 Å². The lowest BCUT2D eigenvalue weighted by Crippen LogP contribution is -2.13. The maximum Gasteiger partial charge on any atom is 0.272 e. The minimum Gasteiger partial charge on any atom is -0.493 e. The molecule has 10 heteroatoms. The van der Waals surface area contributed by atoms with E-state index in [1.807, 2.05) is 0 Å². The minimum absolute atomic E-state index is 0. The summed E-state index contributed by atoms with van der Waals surface area (Å²) in [6, 6.07) is 9.47. The number of H-pyrrole nitrogens is 1. The van der Waals surface area contributed by atoms with Gasteiger partial charge in [0, 0.05) is 11.8 Å². The van der Waals surface area contributed by atoms with Crippen LogP contribution < -0.4 is 20.2 Å². The Bertz CT molecular complexity index is 1130. The fourth-order valence-corrected chi connectivity index (χ4v) is 3.18. The standard InChI is InChI=1S/C17H17N3O5S.ClH/c1-24-15-8-12-13(9-16(15)25-2)17(21)20-19-14(12)7-10-3-5-11(6-4-10)26(18,22)23;/h3-6,8-9H,7H2,1-2H3,(H,20,21)(H2,18,22,23);1H. The van der Waals surface area contributed by atoms with Gasteiger partial charge >= 0.3 is 0 Å². The molecule has 0 radical (unpaired) electrons. The first-order valence-corrected chi connectivity index (χ1v) is 9.13. The van der Waals surface area contributed by atoms with E-state index in [1.165, 1.54) is 26.4 Å². The maximum atomic E-state index is 12.1. The summed E-state index contributed by atoms with van der Waals surface area (Å²) in [6.45, 7) is 0. The van der Waals surface area contributed by atoms with Crippen LogP contribution in [0.4, 0.5) is 0 Å². The van der Waals surface area contributed by atoms with Crippen LogP contribution in [0.15, 0.2) is 46.1 Å². The molecule has 0 saturated heterocycles. The Hall–Kier alpha value is -2.62. The molecule has 8 nitrogen and oxygen atoms in total. The van der Waals surface area contributed by atoms with Crippen LogP contribution in [0.1, 0.15) is 11.3 Å². The van der Waals surface area contributed by atoms with Gasteiger partial charge in [-0.25, -0.2) is 18.7 Å². The summed E-state index contributed by atoms with van der Waals surface area (Å²) >= 11 is 0. The van der Waals surface area contributed by atoms with Crippen molar-refractivity contribution >= 4 is 33.2 Å². The smallest absolute Gasteiger partial charge is 0.272 e. The molecular formula is C17H18ClN3O5S. The summed E-state index contributed by atoms with van der Waals surface area (Å²) in [6.07, 6.45) is 0.383. The van der Waals surface area contributed by atoms with E-state index in [0.29, 0.717) is 34.4 Å². The van der Waals surface area contributed by atoms with Gasteiger partial charge in [-0.15, -0.1) is 12.4 Å². The molecule has 0 amide bonds. The van der Waals surface area contributed by atoms with Crippen molar-refractivity contribution < 1.29 is 17.9 Å². The number of nitrogens with zero attached hydrogens (tertiary/aromatic N) is 1. The van der Waals surface area contributed by atoms with Gasteiger partial charge in [-0.1, -0.05) is 12.1 Å². The number of aromatic nitrogens is 2. The average molecular weight is 412 g/mol. The van der Waals surface area contributed by atoms with E-state index in [9.17, 15) is 13.2 Å². The molecule has 144 valence electrons. The van der Waals surface area contributed by atoms with Gasteiger partial charge < -0.3 is 9.47 Å². The number of nitrogens with two attached hydrogens (primary N) is 1. The van der Waals surface area contributed by atoms with Crippen molar-refractivity contribution in [2.45, 2.75) is 11.3 Å². The van der Waals surface area contributed by atoms with Crippen LogP contribution in [0.25, 0.3) is 10.8 Å². The van der Waals surface area contributed by atoms with Gasteiger partial charge in [-0.3, -0.25) is 4.79 Å². The molecule has 3 rings (SSSR count). The van der Waals surface area contributed by atoms with E-state index < -0.39 is 10.0 Å². The van der Waals surface area contributed by atoms with E-state index in [0.717, 1.165) is 5.56 Å². The molecule has 27 heavy (non-hydrogen) atoms. The zero-order valence-electron chi connectivity index (χ0n) is 14.6. The Kier molecular flexibility index (Phi) is 6.09. The number of halogens is 1. The second-order valence-electron chi connectivity index (χ2n) is 5.62. The summed E-state index contributed by atoms with van der Waals surface area (Å²) in [5, 5.41) is 12.8. The van der Waals surface area contributed by atoms with Gasteiger partial charge in [0.1, 0.15) is 0 Å². The fourth-order valence-electron chi connectivity index (χ4n) is 2.67. The Balaban J connectivity index is 0.00000261. The molecule has 0 aliphatic carbocycles.